The number of carbonyl (C=O) groups excluding carboxylic acids is 1. The number of hydrogen-bond acceptors (Lipinski definition) is 6. The van der Waals surface area contributed by atoms with Gasteiger partial charge < -0.3 is 14.3 Å². The van der Waals surface area contributed by atoms with Crippen molar-refractivity contribution in [2.75, 3.05) is 33.0 Å². The lowest BCUT2D eigenvalue weighted by Gasteiger charge is -2.03. The summed E-state index contributed by atoms with van der Waals surface area (Å²) in [4.78, 5) is 14.5. The molecule has 0 rings (SSSR count). The minimum Gasteiger partial charge on any atom is -0.379 e. The first-order chi connectivity index (χ1) is 6.41. The minimum absolute atomic E-state index is 0.129. The molecule has 3 N–H and O–H groups in total. The second-order valence-corrected chi connectivity index (χ2v) is 2.17. The molecule has 0 aromatic carbocycles. The van der Waals surface area contributed by atoms with Gasteiger partial charge in [0.1, 0.15) is 12.9 Å². The fraction of sp³-hybridized carbons (Fsp3) is 0.857. The van der Waals surface area contributed by atoms with Crippen LogP contribution in [0, 0.1) is 0 Å². The first-order valence-corrected chi connectivity index (χ1v) is 4.08. The molecule has 0 spiro atoms. The lowest BCUT2D eigenvalue weighted by atomic mass is 10.5. The Morgan fingerprint density at radius 3 is 2.62 bits per heavy atom. The third-order valence-electron chi connectivity index (χ3n) is 1.18. The Hall–Kier alpha value is -0.530. The molecular weight excluding hydrogens is 176 g/mol. The molecule has 0 unspecified atom stereocenters. The number of rotatable bonds is 10. The lowest BCUT2D eigenvalue weighted by molar-refractivity contribution is -0.112. The fourth-order valence-electron chi connectivity index (χ4n) is 0.643. The van der Waals surface area contributed by atoms with Gasteiger partial charge in [0.15, 0.2) is 0 Å². The molecule has 0 fully saturated rings. The number of aldehydes is 1. The highest BCUT2D eigenvalue weighted by molar-refractivity contribution is 5.50. The van der Waals surface area contributed by atoms with Gasteiger partial charge in [-0.2, -0.15) is 0 Å². The van der Waals surface area contributed by atoms with E-state index in [1.807, 2.05) is 0 Å². The highest BCUT2D eigenvalue weighted by atomic mass is 16.7. The molecule has 0 aliphatic carbocycles. The Bertz CT molecular complexity index is 113. The van der Waals surface area contributed by atoms with Crippen LogP contribution in [0.4, 0.5) is 0 Å². The highest BCUT2D eigenvalue weighted by Gasteiger charge is 1.90. The molecule has 13 heavy (non-hydrogen) atoms. The molecule has 0 saturated carbocycles. The molecule has 0 bridgehead atoms. The fourth-order valence-corrected chi connectivity index (χ4v) is 0.643. The van der Waals surface area contributed by atoms with E-state index in [0.29, 0.717) is 32.7 Å². The predicted molar refractivity (Wildman–Crippen MR) is 45.6 cm³/mol. The molecule has 0 aliphatic heterocycles. The maximum atomic E-state index is 9.81. The van der Waals surface area contributed by atoms with Crippen molar-refractivity contribution in [3.63, 3.8) is 0 Å². The van der Waals surface area contributed by atoms with Crippen molar-refractivity contribution in [1.29, 1.82) is 0 Å². The van der Waals surface area contributed by atoms with Gasteiger partial charge in [0.05, 0.1) is 19.8 Å². The predicted octanol–water partition coefficient (Wildman–Crippen LogP) is -0.996. The van der Waals surface area contributed by atoms with Crippen LogP contribution in [0.25, 0.3) is 0 Å². The van der Waals surface area contributed by atoms with Crippen molar-refractivity contribution in [3.05, 3.63) is 0 Å². The van der Waals surface area contributed by atoms with E-state index in [1.54, 1.807) is 0 Å². The van der Waals surface area contributed by atoms with Crippen LogP contribution < -0.4 is 11.4 Å². The van der Waals surface area contributed by atoms with Crippen molar-refractivity contribution < 1.29 is 19.1 Å². The van der Waals surface area contributed by atoms with Crippen LogP contribution in [-0.2, 0) is 19.1 Å². The summed E-state index contributed by atoms with van der Waals surface area (Å²) in [6.07, 6.45) is 1.47. The second kappa shape index (κ2) is 11.5. The van der Waals surface area contributed by atoms with Crippen LogP contribution in [0.1, 0.15) is 6.42 Å². The summed E-state index contributed by atoms with van der Waals surface area (Å²) < 4.78 is 9.99. The number of ether oxygens (including phenoxy) is 2. The third kappa shape index (κ3) is 11.5. The van der Waals surface area contributed by atoms with E-state index in [0.717, 1.165) is 6.42 Å². The number of carbonyl (C=O) groups is 1. The van der Waals surface area contributed by atoms with Gasteiger partial charge in [-0.25, -0.2) is 5.84 Å². The zero-order valence-electron chi connectivity index (χ0n) is 7.53. The van der Waals surface area contributed by atoms with Crippen LogP contribution in [0.15, 0.2) is 0 Å². The minimum atomic E-state index is 0.129. The number of hydrazine groups is 1. The van der Waals surface area contributed by atoms with Crippen molar-refractivity contribution in [1.82, 2.24) is 5.59 Å². The smallest absolute Gasteiger partial charge is 0.145 e. The zero-order valence-corrected chi connectivity index (χ0v) is 7.53. The molecule has 6 heteroatoms. The van der Waals surface area contributed by atoms with Gasteiger partial charge in [-0.15, -0.1) is 5.59 Å². The number of nitrogens with two attached hydrogens (primary N) is 1. The molecule has 0 heterocycles. The molecule has 78 valence electrons. The van der Waals surface area contributed by atoms with Gasteiger partial charge in [-0.05, 0) is 6.42 Å². The molecule has 0 aliphatic rings. The van der Waals surface area contributed by atoms with Gasteiger partial charge in [0, 0.05) is 6.61 Å². The van der Waals surface area contributed by atoms with Crippen LogP contribution in [0.5, 0.6) is 0 Å². The van der Waals surface area contributed by atoms with Crippen LogP contribution in [0.2, 0.25) is 0 Å². The molecule has 0 aromatic rings. The molecule has 6 nitrogen and oxygen atoms in total. The van der Waals surface area contributed by atoms with E-state index in [-0.39, 0.29) is 6.61 Å². The average Bonchev–Trinajstić information content (AvgIpc) is 2.16. The number of nitrogens with one attached hydrogen (secondary N) is 1. The van der Waals surface area contributed by atoms with Gasteiger partial charge in [0.2, 0.25) is 0 Å². The topological polar surface area (TPSA) is 82.8 Å². The summed E-state index contributed by atoms with van der Waals surface area (Å²) >= 11 is 0. The Labute approximate surface area is 77.2 Å². The maximum absolute atomic E-state index is 9.81. The molecule has 0 saturated heterocycles. The summed E-state index contributed by atoms with van der Waals surface area (Å²) in [7, 11) is 0. The monoisotopic (exact) mass is 192 g/mol. The van der Waals surface area contributed by atoms with Gasteiger partial charge in [-0.1, -0.05) is 0 Å². The van der Waals surface area contributed by atoms with Crippen molar-refractivity contribution in [2.45, 2.75) is 6.42 Å². The summed E-state index contributed by atoms with van der Waals surface area (Å²) in [5.41, 5.74) is 2.07. The third-order valence-corrected chi connectivity index (χ3v) is 1.18. The van der Waals surface area contributed by atoms with E-state index in [1.165, 1.54) is 0 Å². The summed E-state index contributed by atoms with van der Waals surface area (Å²) in [5, 5.41) is 0. The summed E-state index contributed by atoms with van der Waals surface area (Å²) in [6.45, 7) is 2.15. The summed E-state index contributed by atoms with van der Waals surface area (Å²) in [5.74, 6) is 4.86. The Balaban J connectivity index is 2.79. The molecular formula is C7H16N2O4. The first-order valence-electron chi connectivity index (χ1n) is 4.08. The van der Waals surface area contributed by atoms with Crippen LogP contribution >= 0.6 is 0 Å². The zero-order chi connectivity index (χ0) is 9.78. The van der Waals surface area contributed by atoms with Crippen molar-refractivity contribution in [3.8, 4) is 0 Å². The van der Waals surface area contributed by atoms with E-state index in [9.17, 15) is 4.79 Å². The molecule has 0 aromatic heterocycles. The lowest BCUT2D eigenvalue weighted by Crippen LogP contribution is -2.23. The summed E-state index contributed by atoms with van der Waals surface area (Å²) in [6, 6.07) is 0. The van der Waals surface area contributed by atoms with Gasteiger partial charge >= 0.3 is 0 Å². The largest absolute Gasteiger partial charge is 0.379 e. The van der Waals surface area contributed by atoms with E-state index in [2.05, 4.69) is 10.4 Å². The van der Waals surface area contributed by atoms with E-state index < -0.39 is 0 Å². The van der Waals surface area contributed by atoms with Crippen LogP contribution in [-0.4, -0.2) is 39.3 Å². The molecule has 0 atom stereocenters. The molecule has 0 amide bonds. The van der Waals surface area contributed by atoms with Gasteiger partial charge in [-0.3, -0.25) is 4.84 Å². The highest BCUT2D eigenvalue weighted by Crippen LogP contribution is 1.83. The van der Waals surface area contributed by atoms with Gasteiger partial charge in [0.25, 0.3) is 0 Å². The van der Waals surface area contributed by atoms with Crippen molar-refractivity contribution >= 4 is 6.29 Å². The van der Waals surface area contributed by atoms with E-state index >= 15 is 0 Å². The Morgan fingerprint density at radius 1 is 1.15 bits per heavy atom. The van der Waals surface area contributed by atoms with Crippen molar-refractivity contribution in [2.24, 2.45) is 5.84 Å². The first kappa shape index (κ1) is 12.5. The number of hydrogen-bond donors (Lipinski definition) is 2. The molecule has 0 radical (unpaired) electrons. The standard InChI is InChI=1S/C7H16N2O4/c8-9-13-4-1-3-11-6-7-12-5-2-10/h2,9H,1,3-8H2. The average molecular weight is 192 g/mol. The Kier molecular flexibility index (Phi) is 11.0. The second-order valence-electron chi connectivity index (χ2n) is 2.17. The normalized spacial score (nSPS) is 10.2. The Morgan fingerprint density at radius 2 is 1.92 bits per heavy atom. The van der Waals surface area contributed by atoms with E-state index in [4.69, 9.17) is 15.3 Å². The maximum Gasteiger partial charge on any atom is 0.145 e. The quantitative estimate of drug-likeness (QED) is 0.200. The van der Waals surface area contributed by atoms with Crippen LogP contribution in [0.3, 0.4) is 0 Å². The SMILES string of the molecule is NNOCCCOCCOCC=O.